The Balaban J connectivity index is 0.00000155. The van der Waals surface area contributed by atoms with Crippen molar-refractivity contribution in [2.24, 2.45) is 5.73 Å². The highest BCUT2D eigenvalue weighted by Gasteiger charge is 2.41. The lowest BCUT2D eigenvalue weighted by molar-refractivity contribution is -0.142. The lowest BCUT2D eigenvalue weighted by atomic mass is 9.90. The van der Waals surface area contributed by atoms with Crippen LogP contribution in [0.25, 0.3) is 0 Å². The minimum Gasteiger partial charge on any atom is -0.325 e. The second kappa shape index (κ2) is 9.13. The number of alkyl halides is 3. The summed E-state index contributed by atoms with van der Waals surface area (Å²) in [7, 11) is 0. The van der Waals surface area contributed by atoms with Gasteiger partial charge in [0.1, 0.15) is 0 Å². The number of fused-ring (bicyclic) bond motifs is 1. The first kappa shape index (κ1) is 24.4. The summed E-state index contributed by atoms with van der Waals surface area (Å²) in [5.41, 5.74) is 7.96. The predicted octanol–water partition coefficient (Wildman–Crippen LogP) is 6.06. The van der Waals surface area contributed by atoms with Crippen molar-refractivity contribution < 1.29 is 13.2 Å². The van der Waals surface area contributed by atoms with Crippen molar-refractivity contribution >= 4 is 0 Å². The molecule has 30 heavy (non-hydrogen) atoms. The Labute approximate surface area is 178 Å². The summed E-state index contributed by atoms with van der Waals surface area (Å²) in [6.07, 6.45) is -0.185. The van der Waals surface area contributed by atoms with Gasteiger partial charge in [-0.15, -0.1) is 0 Å². The van der Waals surface area contributed by atoms with Crippen LogP contribution in [0.1, 0.15) is 82.5 Å². The number of nitrogens with two attached hydrogens (primary N) is 1. The van der Waals surface area contributed by atoms with Crippen molar-refractivity contribution in [2.75, 3.05) is 0 Å². The van der Waals surface area contributed by atoms with Gasteiger partial charge < -0.3 is 5.73 Å². The van der Waals surface area contributed by atoms with E-state index in [1.54, 1.807) is 4.68 Å². The monoisotopic (exact) mass is 423 g/mol. The molecule has 2 N–H and O–H groups in total. The van der Waals surface area contributed by atoms with E-state index in [4.69, 9.17) is 5.73 Å². The first-order valence-corrected chi connectivity index (χ1v) is 10.9. The van der Waals surface area contributed by atoms with Gasteiger partial charge in [-0.05, 0) is 77.3 Å². The zero-order valence-electron chi connectivity index (χ0n) is 19.2. The van der Waals surface area contributed by atoms with Crippen molar-refractivity contribution in [1.82, 2.24) is 9.78 Å². The molecule has 1 aromatic heterocycles. The molecule has 1 aliphatic rings. The number of halogens is 3. The van der Waals surface area contributed by atoms with Crippen LogP contribution in [-0.2, 0) is 37.4 Å². The summed E-state index contributed by atoms with van der Waals surface area (Å²) < 4.78 is 42.1. The second-order valence-electron chi connectivity index (χ2n) is 9.36. The van der Waals surface area contributed by atoms with Crippen molar-refractivity contribution in [3.05, 3.63) is 52.3 Å². The molecule has 168 valence electrons. The highest BCUT2D eigenvalue weighted by Crippen LogP contribution is 2.38. The van der Waals surface area contributed by atoms with Crippen molar-refractivity contribution in [2.45, 2.75) is 97.3 Å². The number of hydrogen-bond acceptors (Lipinski definition) is 2. The third kappa shape index (κ3) is 5.87. The van der Waals surface area contributed by atoms with Crippen molar-refractivity contribution in [3.8, 4) is 0 Å². The standard InChI is InChI=1S/C22H30F3N3.C2H6/c1-20(2,26)13-15-9-11-16(12-10-15)14-21(3,4)28-18-8-6-5-7-17(18)19(27-28)22(23,24)25;1-2/h9-12H,5-8,13-14,26H2,1-4H3;1-2H3. The van der Waals surface area contributed by atoms with Crippen LogP contribution in [0, 0.1) is 0 Å². The molecule has 0 bridgehead atoms. The summed E-state index contributed by atoms with van der Waals surface area (Å²) in [5, 5.41) is 4.07. The zero-order chi connectivity index (χ0) is 22.7. The Kier molecular flexibility index (Phi) is 7.44. The largest absolute Gasteiger partial charge is 0.435 e. The fraction of sp³-hybridized carbons (Fsp3) is 0.625. The molecule has 0 atom stereocenters. The summed E-state index contributed by atoms with van der Waals surface area (Å²) >= 11 is 0. The Morgan fingerprint density at radius 3 is 1.90 bits per heavy atom. The molecule has 0 amide bonds. The van der Waals surface area contributed by atoms with Gasteiger partial charge in [0, 0.05) is 16.8 Å². The topological polar surface area (TPSA) is 43.8 Å². The SMILES string of the molecule is CC.CC(C)(N)Cc1ccc(CC(C)(C)n2nc(C(F)(F)F)c3c2CCCC3)cc1. The van der Waals surface area contributed by atoms with E-state index in [1.807, 2.05) is 53.7 Å². The van der Waals surface area contributed by atoms with Gasteiger partial charge >= 0.3 is 6.18 Å². The lowest BCUT2D eigenvalue weighted by Crippen LogP contribution is -2.34. The quantitative estimate of drug-likeness (QED) is 0.635. The maximum absolute atomic E-state index is 13.5. The molecule has 0 unspecified atom stereocenters. The Bertz CT molecular complexity index is 825. The van der Waals surface area contributed by atoms with E-state index in [9.17, 15) is 13.2 Å². The first-order chi connectivity index (χ1) is 13.9. The number of benzene rings is 1. The van der Waals surface area contributed by atoms with Crippen LogP contribution in [-0.4, -0.2) is 15.3 Å². The molecule has 6 heteroatoms. The second-order valence-corrected chi connectivity index (χ2v) is 9.36. The number of aromatic nitrogens is 2. The average molecular weight is 424 g/mol. The zero-order valence-corrected chi connectivity index (χ0v) is 19.2. The first-order valence-electron chi connectivity index (χ1n) is 10.9. The molecule has 3 rings (SSSR count). The Morgan fingerprint density at radius 2 is 1.40 bits per heavy atom. The van der Waals surface area contributed by atoms with Gasteiger partial charge in [0.05, 0.1) is 5.54 Å². The van der Waals surface area contributed by atoms with Crippen LogP contribution in [0.2, 0.25) is 0 Å². The molecule has 0 aliphatic heterocycles. The maximum atomic E-state index is 13.5. The molecule has 2 aromatic rings. The summed E-state index contributed by atoms with van der Waals surface area (Å²) in [4.78, 5) is 0. The molecule has 0 radical (unpaired) electrons. The maximum Gasteiger partial charge on any atom is 0.435 e. The average Bonchev–Trinajstić information content (AvgIpc) is 3.05. The molecule has 1 heterocycles. The van der Waals surface area contributed by atoms with Gasteiger partial charge in [-0.25, -0.2) is 0 Å². The van der Waals surface area contributed by atoms with Gasteiger partial charge in [0.15, 0.2) is 5.69 Å². The highest BCUT2D eigenvalue weighted by molar-refractivity contribution is 5.32. The molecule has 3 nitrogen and oxygen atoms in total. The van der Waals surface area contributed by atoms with E-state index < -0.39 is 17.4 Å². The van der Waals surface area contributed by atoms with Crippen LogP contribution in [0.4, 0.5) is 13.2 Å². The van der Waals surface area contributed by atoms with E-state index >= 15 is 0 Å². The fourth-order valence-corrected chi connectivity index (χ4v) is 4.20. The van der Waals surface area contributed by atoms with E-state index in [0.717, 1.165) is 36.1 Å². The van der Waals surface area contributed by atoms with Gasteiger partial charge in [-0.2, -0.15) is 18.3 Å². The minimum atomic E-state index is -4.40. The third-order valence-corrected chi connectivity index (χ3v) is 5.34. The van der Waals surface area contributed by atoms with Crippen molar-refractivity contribution in [1.29, 1.82) is 0 Å². The summed E-state index contributed by atoms with van der Waals surface area (Å²) in [6, 6.07) is 8.20. The van der Waals surface area contributed by atoms with Gasteiger partial charge in [-0.3, -0.25) is 4.68 Å². The van der Waals surface area contributed by atoms with E-state index in [0.29, 0.717) is 24.8 Å². The number of nitrogens with zero attached hydrogens (tertiary/aromatic N) is 2. The van der Waals surface area contributed by atoms with E-state index in [-0.39, 0.29) is 5.54 Å². The van der Waals surface area contributed by atoms with Crippen molar-refractivity contribution in [3.63, 3.8) is 0 Å². The molecule has 0 spiro atoms. The molecule has 0 fully saturated rings. The third-order valence-electron chi connectivity index (χ3n) is 5.34. The van der Waals surface area contributed by atoms with Crippen LogP contribution < -0.4 is 5.73 Å². The molecule has 1 aromatic carbocycles. The smallest absolute Gasteiger partial charge is 0.325 e. The van der Waals surface area contributed by atoms with Gasteiger partial charge in [0.25, 0.3) is 0 Å². The molecular formula is C24H36F3N3. The molecular weight excluding hydrogens is 387 g/mol. The lowest BCUT2D eigenvalue weighted by Gasteiger charge is -2.29. The number of hydrogen-bond donors (Lipinski definition) is 1. The Morgan fingerprint density at radius 1 is 0.900 bits per heavy atom. The van der Waals surface area contributed by atoms with Gasteiger partial charge in [0.2, 0.25) is 0 Å². The summed E-state index contributed by atoms with van der Waals surface area (Å²) in [6.45, 7) is 11.9. The minimum absolute atomic E-state index is 0.275. The van der Waals surface area contributed by atoms with Crippen LogP contribution >= 0.6 is 0 Å². The number of rotatable bonds is 5. The normalized spacial score (nSPS) is 14.7. The highest BCUT2D eigenvalue weighted by atomic mass is 19.4. The van der Waals surface area contributed by atoms with Crippen LogP contribution in [0.15, 0.2) is 24.3 Å². The van der Waals surface area contributed by atoms with Crippen LogP contribution in [0.5, 0.6) is 0 Å². The molecule has 0 saturated carbocycles. The Hall–Kier alpha value is -1.82. The van der Waals surface area contributed by atoms with Gasteiger partial charge in [-0.1, -0.05) is 38.1 Å². The molecule has 0 saturated heterocycles. The fourth-order valence-electron chi connectivity index (χ4n) is 4.20. The van der Waals surface area contributed by atoms with E-state index in [2.05, 4.69) is 17.2 Å². The molecule has 1 aliphatic carbocycles. The van der Waals surface area contributed by atoms with Crippen LogP contribution in [0.3, 0.4) is 0 Å². The summed E-state index contributed by atoms with van der Waals surface area (Å²) in [5.74, 6) is 0. The van der Waals surface area contributed by atoms with E-state index in [1.165, 1.54) is 0 Å². The predicted molar refractivity (Wildman–Crippen MR) is 117 cm³/mol.